The number of carbonyl (C=O) groups is 1. The van der Waals surface area contributed by atoms with Gasteiger partial charge in [-0.05, 0) is 43.9 Å². The van der Waals surface area contributed by atoms with Crippen LogP contribution in [-0.2, 0) is 9.53 Å². The Bertz CT molecular complexity index is 354. The van der Waals surface area contributed by atoms with E-state index in [4.69, 9.17) is 4.74 Å². The first-order valence-electron chi connectivity index (χ1n) is 8.71. The number of hydrogen-bond donors (Lipinski definition) is 0. The molecule has 2 nitrogen and oxygen atoms in total. The first-order chi connectivity index (χ1) is 9.52. The fraction of sp³-hybridized carbons (Fsp3) is 0.944. The van der Waals surface area contributed by atoms with Crippen molar-refractivity contribution in [3.05, 3.63) is 0 Å². The largest absolute Gasteiger partial charge is 0.373 e. The van der Waals surface area contributed by atoms with Gasteiger partial charge in [0.2, 0.25) is 0 Å². The summed E-state index contributed by atoms with van der Waals surface area (Å²) in [5.41, 5.74) is 0.429. The van der Waals surface area contributed by atoms with E-state index in [0.29, 0.717) is 23.7 Å². The Morgan fingerprint density at radius 2 is 1.55 bits per heavy atom. The van der Waals surface area contributed by atoms with Gasteiger partial charge in [0.05, 0.1) is 17.6 Å². The smallest absolute Gasteiger partial charge is 0.144 e. The van der Waals surface area contributed by atoms with Crippen LogP contribution in [0, 0.1) is 10.8 Å². The van der Waals surface area contributed by atoms with Crippen LogP contribution in [0.4, 0.5) is 0 Å². The highest BCUT2D eigenvalue weighted by Crippen LogP contribution is 2.51. The first kappa shape index (κ1) is 14.6. The number of rotatable bonds is 2. The number of Topliss-reactive ketones (excluding diaryl/α,β-unsaturated/α-hetero) is 1. The highest BCUT2D eigenvalue weighted by molar-refractivity contribution is 5.92. The predicted molar refractivity (Wildman–Crippen MR) is 80.7 cm³/mol. The molecule has 0 aromatic heterocycles. The molecule has 3 aliphatic rings. The van der Waals surface area contributed by atoms with Gasteiger partial charge in [0, 0.05) is 6.42 Å². The van der Waals surface area contributed by atoms with Gasteiger partial charge in [-0.25, -0.2) is 0 Å². The Kier molecular flexibility index (Phi) is 3.96. The van der Waals surface area contributed by atoms with E-state index in [2.05, 4.69) is 13.8 Å². The van der Waals surface area contributed by atoms with Crippen LogP contribution in [0.1, 0.15) is 84.5 Å². The number of ketones is 1. The van der Waals surface area contributed by atoms with Crippen LogP contribution in [0.5, 0.6) is 0 Å². The molecule has 1 spiro atoms. The van der Waals surface area contributed by atoms with E-state index in [1.165, 1.54) is 51.4 Å². The minimum atomic E-state index is -0.0660. The summed E-state index contributed by atoms with van der Waals surface area (Å²) in [7, 11) is 0. The first-order valence-corrected chi connectivity index (χ1v) is 8.71. The third-order valence-corrected chi connectivity index (χ3v) is 6.18. The van der Waals surface area contributed by atoms with Gasteiger partial charge in [0.1, 0.15) is 5.78 Å². The monoisotopic (exact) mass is 278 g/mol. The second-order valence-electron chi connectivity index (χ2n) is 8.19. The van der Waals surface area contributed by atoms with Crippen molar-refractivity contribution in [3.8, 4) is 0 Å². The van der Waals surface area contributed by atoms with Crippen molar-refractivity contribution in [2.75, 3.05) is 0 Å². The Morgan fingerprint density at radius 1 is 0.950 bits per heavy atom. The molecule has 3 aliphatic carbocycles. The lowest BCUT2D eigenvalue weighted by Crippen LogP contribution is -2.56. The van der Waals surface area contributed by atoms with E-state index >= 15 is 0 Å². The van der Waals surface area contributed by atoms with Crippen molar-refractivity contribution in [1.82, 2.24) is 0 Å². The molecule has 3 saturated carbocycles. The molecule has 0 heterocycles. The van der Waals surface area contributed by atoms with Crippen molar-refractivity contribution in [3.63, 3.8) is 0 Å². The Morgan fingerprint density at radius 3 is 2.10 bits per heavy atom. The van der Waals surface area contributed by atoms with Crippen LogP contribution >= 0.6 is 0 Å². The molecule has 0 aromatic rings. The van der Waals surface area contributed by atoms with Gasteiger partial charge in [-0.15, -0.1) is 0 Å². The average molecular weight is 278 g/mol. The lowest BCUT2D eigenvalue weighted by Gasteiger charge is -2.49. The molecule has 2 heteroatoms. The number of ether oxygens (including phenoxy) is 1. The summed E-state index contributed by atoms with van der Waals surface area (Å²) in [5.74, 6) is 0.500. The number of hydrogen-bond acceptors (Lipinski definition) is 2. The van der Waals surface area contributed by atoms with Crippen LogP contribution < -0.4 is 0 Å². The minimum Gasteiger partial charge on any atom is -0.373 e. The highest BCUT2D eigenvalue weighted by Gasteiger charge is 2.55. The van der Waals surface area contributed by atoms with Crippen molar-refractivity contribution in [1.29, 1.82) is 0 Å². The zero-order valence-electron chi connectivity index (χ0n) is 13.2. The van der Waals surface area contributed by atoms with E-state index in [9.17, 15) is 4.79 Å². The van der Waals surface area contributed by atoms with E-state index in [-0.39, 0.29) is 11.5 Å². The van der Waals surface area contributed by atoms with Crippen LogP contribution in [0.3, 0.4) is 0 Å². The maximum absolute atomic E-state index is 12.2. The van der Waals surface area contributed by atoms with Crippen LogP contribution in [-0.4, -0.2) is 18.0 Å². The molecule has 0 aromatic carbocycles. The molecular weight excluding hydrogens is 248 g/mol. The third kappa shape index (κ3) is 2.68. The van der Waals surface area contributed by atoms with E-state index < -0.39 is 0 Å². The van der Waals surface area contributed by atoms with Gasteiger partial charge >= 0.3 is 0 Å². The van der Waals surface area contributed by atoms with Gasteiger partial charge in [-0.2, -0.15) is 0 Å². The fourth-order valence-corrected chi connectivity index (χ4v) is 4.50. The maximum Gasteiger partial charge on any atom is 0.144 e. The summed E-state index contributed by atoms with van der Waals surface area (Å²) < 4.78 is 6.42. The Balaban J connectivity index is 1.59. The summed E-state index contributed by atoms with van der Waals surface area (Å²) in [4.78, 5) is 12.2. The van der Waals surface area contributed by atoms with E-state index in [0.717, 1.165) is 12.8 Å². The standard InChI is InChI=1S/C18H30O2/c1-17(2)11-7-14(8-12-17)20-16-13-15(19)18(16)9-5-3-4-6-10-18/h14,16H,3-13H2,1-2H3. The zero-order chi connectivity index (χ0) is 14.2. The molecule has 0 radical (unpaired) electrons. The fourth-order valence-electron chi connectivity index (χ4n) is 4.50. The molecule has 3 fully saturated rings. The lowest BCUT2D eigenvalue weighted by molar-refractivity contribution is -0.178. The summed E-state index contributed by atoms with van der Waals surface area (Å²) in [6, 6.07) is 0. The normalized spacial score (nSPS) is 33.7. The van der Waals surface area contributed by atoms with Gasteiger partial charge in [0.15, 0.2) is 0 Å². The number of carbonyl (C=O) groups excluding carboxylic acids is 1. The summed E-state index contributed by atoms with van der Waals surface area (Å²) in [5, 5.41) is 0. The molecule has 1 unspecified atom stereocenters. The molecule has 0 aliphatic heterocycles. The molecule has 20 heavy (non-hydrogen) atoms. The Labute approximate surface area is 123 Å². The second-order valence-corrected chi connectivity index (χ2v) is 8.19. The van der Waals surface area contributed by atoms with Crippen molar-refractivity contribution in [2.45, 2.75) is 96.7 Å². The van der Waals surface area contributed by atoms with E-state index in [1.807, 2.05) is 0 Å². The van der Waals surface area contributed by atoms with Gasteiger partial charge in [0.25, 0.3) is 0 Å². The van der Waals surface area contributed by atoms with Crippen molar-refractivity contribution < 1.29 is 9.53 Å². The van der Waals surface area contributed by atoms with Gasteiger partial charge in [-0.3, -0.25) is 4.79 Å². The van der Waals surface area contributed by atoms with Crippen LogP contribution in [0.25, 0.3) is 0 Å². The van der Waals surface area contributed by atoms with Crippen molar-refractivity contribution in [2.24, 2.45) is 10.8 Å². The molecule has 0 bridgehead atoms. The molecule has 1 atom stereocenters. The quantitative estimate of drug-likeness (QED) is 0.734. The average Bonchev–Trinajstić information content (AvgIpc) is 2.68. The SMILES string of the molecule is CC1(C)CCC(OC2CC(=O)C23CCCCCC3)CC1. The third-order valence-electron chi connectivity index (χ3n) is 6.18. The summed E-state index contributed by atoms with van der Waals surface area (Å²) in [6.45, 7) is 4.73. The molecule has 0 amide bonds. The van der Waals surface area contributed by atoms with Gasteiger partial charge < -0.3 is 4.74 Å². The topological polar surface area (TPSA) is 26.3 Å². The highest BCUT2D eigenvalue weighted by atomic mass is 16.5. The Hall–Kier alpha value is -0.370. The second kappa shape index (κ2) is 5.44. The van der Waals surface area contributed by atoms with Crippen molar-refractivity contribution >= 4 is 5.78 Å². The summed E-state index contributed by atoms with van der Waals surface area (Å²) in [6.07, 6.45) is 13.5. The van der Waals surface area contributed by atoms with Crippen LogP contribution in [0.15, 0.2) is 0 Å². The maximum atomic E-state index is 12.2. The minimum absolute atomic E-state index is 0.0660. The molecule has 0 saturated heterocycles. The molecule has 0 N–H and O–H groups in total. The molecule has 114 valence electrons. The zero-order valence-corrected chi connectivity index (χ0v) is 13.2. The molecular formula is C18H30O2. The van der Waals surface area contributed by atoms with Crippen LogP contribution in [0.2, 0.25) is 0 Å². The molecule has 3 rings (SSSR count). The summed E-state index contributed by atoms with van der Waals surface area (Å²) >= 11 is 0. The van der Waals surface area contributed by atoms with Gasteiger partial charge in [-0.1, -0.05) is 39.5 Å². The predicted octanol–water partition coefficient (Wildman–Crippen LogP) is 4.65. The van der Waals surface area contributed by atoms with E-state index in [1.54, 1.807) is 0 Å². The lowest BCUT2D eigenvalue weighted by atomic mass is 9.60.